The Morgan fingerprint density at radius 3 is 2.29 bits per heavy atom. The van der Waals surface area contributed by atoms with E-state index in [0.717, 1.165) is 23.3 Å². The lowest BCUT2D eigenvalue weighted by Gasteiger charge is -2.13. The van der Waals surface area contributed by atoms with Gasteiger partial charge in [-0.3, -0.25) is 0 Å². The SMILES string of the molecule is CNCc1cc(C)ccc1Oc1ccc(C(F)(F)F)cc1. The van der Waals surface area contributed by atoms with Gasteiger partial charge in [0.05, 0.1) is 5.56 Å². The molecular formula is C16H16F3NO. The topological polar surface area (TPSA) is 21.3 Å². The number of nitrogens with one attached hydrogen (secondary N) is 1. The summed E-state index contributed by atoms with van der Waals surface area (Å²) >= 11 is 0. The molecule has 21 heavy (non-hydrogen) atoms. The molecule has 0 heterocycles. The number of hydrogen-bond donors (Lipinski definition) is 1. The van der Waals surface area contributed by atoms with Crippen molar-refractivity contribution in [3.8, 4) is 11.5 Å². The fourth-order valence-electron chi connectivity index (χ4n) is 1.98. The summed E-state index contributed by atoms with van der Waals surface area (Å²) in [5.41, 5.74) is 1.37. The number of halogens is 3. The van der Waals surface area contributed by atoms with Gasteiger partial charge in [-0.05, 0) is 44.3 Å². The molecule has 0 fully saturated rings. The van der Waals surface area contributed by atoms with Gasteiger partial charge in [-0.15, -0.1) is 0 Å². The summed E-state index contributed by atoms with van der Waals surface area (Å²) < 4.78 is 43.2. The summed E-state index contributed by atoms with van der Waals surface area (Å²) in [5, 5.41) is 3.04. The van der Waals surface area contributed by atoms with Crippen molar-refractivity contribution < 1.29 is 17.9 Å². The molecule has 0 saturated carbocycles. The van der Waals surface area contributed by atoms with Crippen LogP contribution in [0.1, 0.15) is 16.7 Å². The predicted molar refractivity (Wildman–Crippen MR) is 75.5 cm³/mol. The fraction of sp³-hybridized carbons (Fsp3) is 0.250. The lowest BCUT2D eigenvalue weighted by molar-refractivity contribution is -0.137. The van der Waals surface area contributed by atoms with E-state index in [1.807, 2.05) is 32.2 Å². The molecule has 2 aromatic rings. The molecule has 0 aromatic heterocycles. The minimum Gasteiger partial charge on any atom is -0.457 e. The molecule has 0 aliphatic carbocycles. The van der Waals surface area contributed by atoms with Gasteiger partial charge in [-0.25, -0.2) is 0 Å². The maximum atomic E-state index is 12.5. The zero-order chi connectivity index (χ0) is 15.5. The Balaban J connectivity index is 2.22. The normalized spacial score (nSPS) is 11.5. The average Bonchev–Trinajstić information content (AvgIpc) is 2.42. The lowest BCUT2D eigenvalue weighted by atomic mass is 10.1. The Morgan fingerprint density at radius 1 is 1.05 bits per heavy atom. The Kier molecular flexibility index (Phi) is 4.53. The number of benzene rings is 2. The summed E-state index contributed by atoms with van der Waals surface area (Å²) in [7, 11) is 1.82. The van der Waals surface area contributed by atoms with Crippen molar-refractivity contribution in [2.24, 2.45) is 0 Å². The third-order valence-corrected chi connectivity index (χ3v) is 2.99. The molecule has 0 aliphatic rings. The van der Waals surface area contributed by atoms with Gasteiger partial charge in [0.2, 0.25) is 0 Å². The van der Waals surface area contributed by atoms with Crippen molar-refractivity contribution in [1.82, 2.24) is 5.32 Å². The second-order valence-electron chi connectivity index (χ2n) is 4.77. The molecule has 1 N–H and O–H groups in total. The van der Waals surface area contributed by atoms with Crippen LogP contribution in [0.5, 0.6) is 11.5 Å². The molecule has 0 radical (unpaired) electrons. The van der Waals surface area contributed by atoms with E-state index >= 15 is 0 Å². The van der Waals surface area contributed by atoms with Gasteiger partial charge in [-0.2, -0.15) is 13.2 Å². The monoisotopic (exact) mass is 295 g/mol. The molecule has 2 aromatic carbocycles. The van der Waals surface area contributed by atoms with Crippen LogP contribution in [-0.2, 0) is 12.7 Å². The molecule has 112 valence electrons. The van der Waals surface area contributed by atoms with E-state index in [-0.39, 0.29) is 0 Å². The van der Waals surface area contributed by atoms with Crippen LogP contribution >= 0.6 is 0 Å². The third-order valence-electron chi connectivity index (χ3n) is 2.99. The van der Waals surface area contributed by atoms with Crippen molar-refractivity contribution in [2.75, 3.05) is 7.05 Å². The zero-order valence-corrected chi connectivity index (χ0v) is 11.8. The van der Waals surface area contributed by atoms with Crippen LogP contribution in [0, 0.1) is 6.92 Å². The summed E-state index contributed by atoms with van der Waals surface area (Å²) in [5.74, 6) is 1.01. The van der Waals surface area contributed by atoms with Gasteiger partial charge in [0, 0.05) is 12.1 Å². The fourth-order valence-corrected chi connectivity index (χ4v) is 1.98. The van der Waals surface area contributed by atoms with E-state index in [1.54, 1.807) is 0 Å². The summed E-state index contributed by atoms with van der Waals surface area (Å²) in [6.07, 6.45) is -4.33. The van der Waals surface area contributed by atoms with Gasteiger partial charge >= 0.3 is 6.18 Å². The molecule has 0 saturated heterocycles. The third kappa shape index (κ3) is 3.98. The van der Waals surface area contributed by atoms with E-state index in [4.69, 9.17) is 4.74 Å². The largest absolute Gasteiger partial charge is 0.457 e. The Labute approximate surface area is 121 Å². The highest BCUT2D eigenvalue weighted by molar-refractivity contribution is 5.41. The Morgan fingerprint density at radius 2 is 1.71 bits per heavy atom. The van der Waals surface area contributed by atoms with Gasteiger partial charge in [0.1, 0.15) is 11.5 Å². The summed E-state index contributed by atoms with van der Waals surface area (Å²) in [4.78, 5) is 0. The van der Waals surface area contributed by atoms with Crippen LogP contribution in [-0.4, -0.2) is 7.05 Å². The van der Waals surface area contributed by atoms with E-state index in [1.165, 1.54) is 12.1 Å². The molecule has 0 aliphatic heterocycles. The second kappa shape index (κ2) is 6.18. The smallest absolute Gasteiger partial charge is 0.416 e. The van der Waals surface area contributed by atoms with Crippen LogP contribution in [0.4, 0.5) is 13.2 Å². The Bertz CT molecular complexity index is 606. The van der Waals surface area contributed by atoms with Crippen molar-refractivity contribution in [1.29, 1.82) is 0 Å². The molecular weight excluding hydrogens is 279 g/mol. The molecule has 0 bridgehead atoms. The zero-order valence-electron chi connectivity index (χ0n) is 11.8. The predicted octanol–water partition coefficient (Wildman–Crippen LogP) is 4.53. The molecule has 0 spiro atoms. The van der Waals surface area contributed by atoms with Crippen LogP contribution in [0.25, 0.3) is 0 Å². The molecule has 2 rings (SSSR count). The van der Waals surface area contributed by atoms with E-state index in [2.05, 4.69) is 5.32 Å². The number of aryl methyl sites for hydroxylation is 1. The highest BCUT2D eigenvalue weighted by atomic mass is 19.4. The lowest BCUT2D eigenvalue weighted by Crippen LogP contribution is -2.07. The average molecular weight is 295 g/mol. The maximum absolute atomic E-state index is 12.5. The second-order valence-corrected chi connectivity index (χ2v) is 4.77. The highest BCUT2D eigenvalue weighted by Gasteiger charge is 2.30. The Hall–Kier alpha value is -2.01. The summed E-state index contributed by atoms with van der Waals surface area (Å²) in [6.45, 7) is 2.60. The number of hydrogen-bond acceptors (Lipinski definition) is 2. The van der Waals surface area contributed by atoms with Crippen molar-refractivity contribution in [3.05, 3.63) is 59.2 Å². The molecule has 0 unspecified atom stereocenters. The van der Waals surface area contributed by atoms with Crippen molar-refractivity contribution in [3.63, 3.8) is 0 Å². The standard InChI is InChI=1S/C16H16F3NO/c1-11-3-8-15(12(9-11)10-20-2)21-14-6-4-13(5-7-14)16(17,18)19/h3-9,20H,10H2,1-2H3. The van der Waals surface area contributed by atoms with Crippen LogP contribution in [0.15, 0.2) is 42.5 Å². The number of alkyl halides is 3. The van der Waals surface area contributed by atoms with Crippen LogP contribution in [0.3, 0.4) is 0 Å². The van der Waals surface area contributed by atoms with E-state index in [9.17, 15) is 13.2 Å². The molecule has 0 amide bonds. The van der Waals surface area contributed by atoms with Crippen molar-refractivity contribution in [2.45, 2.75) is 19.6 Å². The van der Waals surface area contributed by atoms with Crippen molar-refractivity contribution >= 4 is 0 Å². The van der Waals surface area contributed by atoms with Gasteiger partial charge < -0.3 is 10.1 Å². The molecule has 5 heteroatoms. The van der Waals surface area contributed by atoms with Crippen LogP contribution in [0.2, 0.25) is 0 Å². The first-order valence-electron chi connectivity index (χ1n) is 6.49. The quantitative estimate of drug-likeness (QED) is 0.895. The molecule has 2 nitrogen and oxygen atoms in total. The first-order valence-corrected chi connectivity index (χ1v) is 6.49. The van der Waals surface area contributed by atoms with Gasteiger partial charge in [-0.1, -0.05) is 17.7 Å². The van der Waals surface area contributed by atoms with E-state index in [0.29, 0.717) is 18.0 Å². The maximum Gasteiger partial charge on any atom is 0.416 e. The minimum absolute atomic E-state index is 0.379. The first kappa shape index (κ1) is 15.4. The first-order chi connectivity index (χ1) is 9.90. The highest BCUT2D eigenvalue weighted by Crippen LogP contribution is 2.32. The summed E-state index contributed by atoms with van der Waals surface area (Å²) in [6, 6.07) is 10.4. The number of rotatable bonds is 4. The van der Waals surface area contributed by atoms with Gasteiger partial charge in [0.25, 0.3) is 0 Å². The van der Waals surface area contributed by atoms with Gasteiger partial charge in [0.15, 0.2) is 0 Å². The minimum atomic E-state index is -4.33. The van der Waals surface area contributed by atoms with E-state index < -0.39 is 11.7 Å². The number of ether oxygens (including phenoxy) is 1. The molecule has 0 atom stereocenters. The van der Waals surface area contributed by atoms with Crippen LogP contribution < -0.4 is 10.1 Å².